The van der Waals surface area contributed by atoms with Gasteiger partial charge in [-0.2, -0.15) is 0 Å². The number of hydrogen-bond donors (Lipinski definition) is 2. The molecule has 0 radical (unpaired) electrons. The van der Waals surface area contributed by atoms with Gasteiger partial charge in [-0.15, -0.1) is 0 Å². The molecule has 3 rings (SSSR count). The van der Waals surface area contributed by atoms with Crippen LogP contribution in [0.1, 0.15) is 39.0 Å². The summed E-state index contributed by atoms with van der Waals surface area (Å²) in [7, 11) is 0. The summed E-state index contributed by atoms with van der Waals surface area (Å²) in [4.78, 5) is 5.26. The number of hydrogen-bond acceptors (Lipinski definition) is 4. The Balaban J connectivity index is 1.57. The average molecular weight is 267 g/mol. The van der Waals surface area contributed by atoms with E-state index in [2.05, 4.69) is 22.0 Å². The third-order valence-corrected chi connectivity index (χ3v) is 4.94. The van der Waals surface area contributed by atoms with E-state index in [4.69, 9.17) is 0 Å². The van der Waals surface area contributed by atoms with Gasteiger partial charge in [0.1, 0.15) is 0 Å². The van der Waals surface area contributed by atoms with Crippen LogP contribution < -0.4 is 5.32 Å². The first kappa shape index (κ1) is 13.8. The van der Waals surface area contributed by atoms with Crippen LogP contribution in [0.4, 0.5) is 0 Å². The highest BCUT2D eigenvalue weighted by Crippen LogP contribution is 2.25. The van der Waals surface area contributed by atoms with Crippen molar-refractivity contribution in [1.29, 1.82) is 0 Å². The number of rotatable bonds is 5. The van der Waals surface area contributed by atoms with Gasteiger partial charge in [0.2, 0.25) is 0 Å². The van der Waals surface area contributed by atoms with E-state index < -0.39 is 0 Å². The fourth-order valence-corrected chi connectivity index (χ4v) is 3.78. The van der Waals surface area contributed by atoms with Crippen LogP contribution in [-0.2, 0) is 0 Å². The predicted molar refractivity (Wildman–Crippen MR) is 77.3 cm³/mol. The van der Waals surface area contributed by atoms with Crippen molar-refractivity contribution in [3.05, 3.63) is 0 Å². The van der Waals surface area contributed by atoms with Crippen LogP contribution in [0, 0.1) is 0 Å². The van der Waals surface area contributed by atoms with Gasteiger partial charge in [-0.3, -0.25) is 9.80 Å². The zero-order valence-electron chi connectivity index (χ0n) is 12.3. The number of nitrogens with one attached hydrogen (secondary N) is 1. The summed E-state index contributed by atoms with van der Waals surface area (Å²) in [6.07, 6.45) is 6.58. The van der Waals surface area contributed by atoms with Gasteiger partial charge in [0.25, 0.3) is 0 Å². The Morgan fingerprint density at radius 2 is 1.95 bits per heavy atom. The van der Waals surface area contributed by atoms with Gasteiger partial charge in [0.05, 0.1) is 12.1 Å². The van der Waals surface area contributed by atoms with E-state index in [0.29, 0.717) is 6.04 Å². The summed E-state index contributed by atoms with van der Waals surface area (Å²) in [6, 6.07) is 1.43. The second-order valence-corrected chi connectivity index (χ2v) is 7.06. The first-order valence-electron chi connectivity index (χ1n) is 8.03. The standard InChI is InChI=1S/C15H29N3O/c1-15(12-19,16-13-5-6-13)11-17-7-3-9-18-8-2-4-14(18)10-17/h13-14,16,19H,2-12H2,1H3. The van der Waals surface area contributed by atoms with Gasteiger partial charge in [-0.25, -0.2) is 0 Å². The van der Waals surface area contributed by atoms with Crippen molar-refractivity contribution < 1.29 is 5.11 Å². The third kappa shape index (κ3) is 3.48. The lowest BCUT2D eigenvalue weighted by atomic mass is 10.0. The fourth-order valence-electron chi connectivity index (χ4n) is 3.78. The van der Waals surface area contributed by atoms with Crippen LogP contribution in [0.15, 0.2) is 0 Å². The van der Waals surface area contributed by atoms with Crippen molar-refractivity contribution in [2.75, 3.05) is 39.3 Å². The molecule has 0 amide bonds. The Morgan fingerprint density at radius 3 is 2.68 bits per heavy atom. The second-order valence-electron chi connectivity index (χ2n) is 7.06. The van der Waals surface area contributed by atoms with Crippen LogP contribution in [0.5, 0.6) is 0 Å². The van der Waals surface area contributed by atoms with Gasteiger partial charge in [0.15, 0.2) is 0 Å². The molecule has 2 saturated heterocycles. The topological polar surface area (TPSA) is 38.7 Å². The highest BCUT2D eigenvalue weighted by molar-refractivity contribution is 4.95. The molecule has 1 saturated carbocycles. The zero-order chi connectivity index (χ0) is 13.3. The van der Waals surface area contributed by atoms with E-state index in [1.54, 1.807) is 0 Å². The third-order valence-electron chi connectivity index (χ3n) is 4.94. The lowest BCUT2D eigenvalue weighted by molar-refractivity contribution is 0.113. The molecule has 2 unspecified atom stereocenters. The van der Waals surface area contributed by atoms with Crippen LogP contribution in [0.2, 0.25) is 0 Å². The van der Waals surface area contributed by atoms with Crippen LogP contribution in [0.25, 0.3) is 0 Å². The highest BCUT2D eigenvalue weighted by atomic mass is 16.3. The minimum atomic E-state index is -0.116. The summed E-state index contributed by atoms with van der Waals surface area (Å²) in [6.45, 7) is 8.38. The molecule has 0 aromatic carbocycles. The normalized spacial score (nSPS) is 32.8. The van der Waals surface area contributed by atoms with E-state index in [1.807, 2.05) is 0 Å². The Bertz CT molecular complexity index is 308. The molecule has 2 aliphatic heterocycles. The first-order valence-corrected chi connectivity index (χ1v) is 8.03. The molecule has 0 bridgehead atoms. The summed E-state index contributed by atoms with van der Waals surface area (Å²) in [5.74, 6) is 0. The SMILES string of the molecule is CC(CO)(CN1CCCN2CCCC2C1)NC1CC1. The highest BCUT2D eigenvalue weighted by Gasteiger charge is 2.35. The summed E-state index contributed by atoms with van der Waals surface area (Å²) in [5, 5.41) is 13.4. The number of aliphatic hydroxyl groups excluding tert-OH is 1. The van der Waals surface area contributed by atoms with Crippen molar-refractivity contribution in [2.45, 2.75) is 56.7 Å². The van der Waals surface area contributed by atoms with Gasteiger partial charge < -0.3 is 10.4 Å². The molecule has 110 valence electrons. The average Bonchev–Trinajstić information content (AvgIpc) is 3.13. The lowest BCUT2D eigenvalue weighted by Crippen LogP contribution is -2.55. The van der Waals surface area contributed by atoms with Crippen LogP contribution >= 0.6 is 0 Å². The Morgan fingerprint density at radius 1 is 1.16 bits per heavy atom. The smallest absolute Gasteiger partial charge is 0.0623 e. The molecule has 1 aliphatic carbocycles. The second kappa shape index (κ2) is 5.68. The molecule has 3 aliphatic rings. The van der Waals surface area contributed by atoms with Crippen molar-refractivity contribution in [1.82, 2.24) is 15.1 Å². The number of fused-ring (bicyclic) bond motifs is 1. The molecule has 2 atom stereocenters. The van der Waals surface area contributed by atoms with Crippen molar-refractivity contribution >= 4 is 0 Å². The molecule has 2 heterocycles. The van der Waals surface area contributed by atoms with Crippen LogP contribution in [-0.4, -0.2) is 71.9 Å². The van der Waals surface area contributed by atoms with Gasteiger partial charge >= 0.3 is 0 Å². The lowest BCUT2D eigenvalue weighted by Gasteiger charge is -2.36. The van der Waals surface area contributed by atoms with Gasteiger partial charge in [0, 0.05) is 25.2 Å². The Labute approximate surface area is 117 Å². The van der Waals surface area contributed by atoms with E-state index in [0.717, 1.165) is 12.6 Å². The molecule has 4 nitrogen and oxygen atoms in total. The minimum absolute atomic E-state index is 0.116. The molecule has 0 aromatic rings. The quantitative estimate of drug-likeness (QED) is 0.767. The van der Waals surface area contributed by atoms with E-state index in [9.17, 15) is 5.11 Å². The van der Waals surface area contributed by atoms with Gasteiger partial charge in [-0.05, 0) is 58.7 Å². The van der Waals surface area contributed by atoms with Crippen molar-refractivity contribution in [3.63, 3.8) is 0 Å². The summed E-state index contributed by atoms with van der Waals surface area (Å²) >= 11 is 0. The first-order chi connectivity index (χ1) is 9.18. The summed E-state index contributed by atoms with van der Waals surface area (Å²) < 4.78 is 0. The van der Waals surface area contributed by atoms with Crippen LogP contribution in [0.3, 0.4) is 0 Å². The molecule has 3 fully saturated rings. The Hall–Kier alpha value is -0.160. The predicted octanol–water partition coefficient (Wildman–Crippen LogP) is 0.660. The Kier molecular flexibility index (Phi) is 4.13. The number of nitrogens with zero attached hydrogens (tertiary/aromatic N) is 2. The van der Waals surface area contributed by atoms with E-state index in [-0.39, 0.29) is 12.1 Å². The molecule has 2 N–H and O–H groups in total. The van der Waals surface area contributed by atoms with Crippen molar-refractivity contribution in [3.8, 4) is 0 Å². The fraction of sp³-hybridized carbons (Fsp3) is 1.00. The maximum Gasteiger partial charge on any atom is 0.0623 e. The largest absolute Gasteiger partial charge is 0.394 e. The molecule has 4 heteroatoms. The summed E-state index contributed by atoms with van der Waals surface area (Å²) in [5.41, 5.74) is -0.116. The molecular formula is C15H29N3O. The molecule has 19 heavy (non-hydrogen) atoms. The molecular weight excluding hydrogens is 238 g/mol. The van der Waals surface area contributed by atoms with E-state index in [1.165, 1.54) is 58.3 Å². The van der Waals surface area contributed by atoms with E-state index >= 15 is 0 Å². The minimum Gasteiger partial charge on any atom is -0.394 e. The van der Waals surface area contributed by atoms with Gasteiger partial charge in [-0.1, -0.05) is 0 Å². The molecule has 0 spiro atoms. The number of aliphatic hydroxyl groups is 1. The maximum absolute atomic E-state index is 9.75. The monoisotopic (exact) mass is 267 g/mol. The maximum atomic E-state index is 9.75. The molecule has 0 aromatic heterocycles. The zero-order valence-corrected chi connectivity index (χ0v) is 12.3. The van der Waals surface area contributed by atoms with Crippen molar-refractivity contribution in [2.24, 2.45) is 0 Å².